The van der Waals surface area contributed by atoms with Gasteiger partial charge in [0.2, 0.25) is 5.41 Å². The Hall–Kier alpha value is -6.60. The number of carbonyl (C=O) groups excluding carboxylic acids is 2. The highest BCUT2D eigenvalue weighted by Crippen LogP contribution is 2.57. The number of hydrogen-bond donors (Lipinski definition) is 4. The van der Waals surface area contributed by atoms with Crippen LogP contribution < -0.4 is 10.6 Å². The summed E-state index contributed by atoms with van der Waals surface area (Å²) in [5.41, 5.74) is -9.18. The van der Waals surface area contributed by atoms with Gasteiger partial charge in [0.25, 0.3) is 11.4 Å². The summed E-state index contributed by atoms with van der Waals surface area (Å²) in [6.07, 6.45) is -14.9. The van der Waals surface area contributed by atoms with Crippen molar-refractivity contribution in [3.05, 3.63) is 127 Å². The quantitative estimate of drug-likeness (QED) is 0.0540. The molecule has 0 radical (unpaired) electrons. The minimum atomic E-state index is -6.15. The highest BCUT2D eigenvalue weighted by molar-refractivity contribution is 5.87. The standard InChI is InChI=1S/C31H22F6N4O10/c32-30(33,34)29(31(35,36)37,19-5-11-23(25(42)13-19)38-27(44)50-15-17-1-7-21(8-2-17)40(46)47)20-6-12-24(26(43)14-20)39-28(45)51-16-18-3-9-22(10-4-18)41(48)49/h1-14,42-43H,15-16H2,(H,38,44)(H,39,45). The predicted octanol–water partition coefficient (Wildman–Crippen LogP) is 7.82. The van der Waals surface area contributed by atoms with Gasteiger partial charge >= 0.3 is 24.5 Å². The smallest absolute Gasteiger partial charge is 0.412 e. The molecule has 2 amide bonds. The van der Waals surface area contributed by atoms with Crippen molar-refractivity contribution in [2.75, 3.05) is 10.6 Å². The SMILES string of the molecule is O=C(Nc1ccc(C(c2ccc(NC(=O)OCc3ccc([N+](=O)[O-])cc3)c(O)c2)(C(F)(F)F)C(F)(F)F)cc1O)OCc1ccc([N+](=O)[O-])cc1. The Labute approximate surface area is 281 Å². The summed E-state index contributed by atoms with van der Waals surface area (Å²) in [5, 5.41) is 46.3. The minimum absolute atomic E-state index is 0.117. The molecular weight excluding hydrogens is 702 g/mol. The molecule has 4 aromatic carbocycles. The summed E-state index contributed by atoms with van der Waals surface area (Å²) in [5.74, 6) is -2.45. The van der Waals surface area contributed by atoms with Crippen molar-refractivity contribution in [3.8, 4) is 11.5 Å². The molecule has 0 atom stereocenters. The van der Waals surface area contributed by atoms with E-state index in [9.17, 15) is 66.4 Å². The molecule has 0 unspecified atom stereocenters. The third-order valence-corrected chi connectivity index (χ3v) is 7.22. The molecule has 268 valence electrons. The van der Waals surface area contributed by atoms with Gasteiger partial charge < -0.3 is 19.7 Å². The second-order valence-electron chi connectivity index (χ2n) is 10.5. The number of nitrogens with one attached hydrogen (secondary N) is 2. The van der Waals surface area contributed by atoms with Crippen LogP contribution in [0.2, 0.25) is 0 Å². The molecular formula is C31H22F6N4O10. The number of amides is 2. The van der Waals surface area contributed by atoms with E-state index in [-0.39, 0.29) is 23.5 Å². The van der Waals surface area contributed by atoms with Crippen molar-refractivity contribution >= 4 is 34.9 Å². The normalized spacial score (nSPS) is 11.7. The fraction of sp³-hybridized carbons (Fsp3) is 0.161. The Morgan fingerprint density at radius 3 is 1.22 bits per heavy atom. The molecule has 0 spiro atoms. The Morgan fingerprint density at radius 2 is 0.941 bits per heavy atom. The van der Waals surface area contributed by atoms with Crippen LogP contribution in [0.4, 0.5) is 58.7 Å². The molecule has 0 aliphatic heterocycles. The number of non-ortho nitro benzene ring substituents is 2. The van der Waals surface area contributed by atoms with Crippen molar-refractivity contribution in [1.29, 1.82) is 0 Å². The highest BCUT2D eigenvalue weighted by atomic mass is 19.4. The maximum absolute atomic E-state index is 14.7. The average molecular weight is 725 g/mol. The lowest BCUT2D eigenvalue weighted by atomic mass is 9.72. The Balaban J connectivity index is 1.55. The number of anilines is 2. The van der Waals surface area contributed by atoms with Crippen molar-refractivity contribution in [3.63, 3.8) is 0 Å². The van der Waals surface area contributed by atoms with E-state index in [1.54, 1.807) is 0 Å². The van der Waals surface area contributed by atoms with Crippen molar-refractivity contribution in [2.24, 2.45) is 0 Å². The molecule has 0 aliphatic carbocycles. The zero-order valence-electron chi connectivity index (χ0n) is 25.3. The van der Waals surface area contributed by atoms with Crippen LogP contribution in [0.25, 0.3) is 0 Å². The number of phenolic OH excluding ortho intramolecular Hbond substituents is 2. The first-order valence-electron chi connectivity index (χ1n) is 14.0. The number of benzene rings is 4. The highest BCUT2D eigenvalue weighted by Gasteiger charge is 2.72. The van der Waals surface area contributed by atoms with Gasteiger partial charge in [0.15, 0.2) is 0 Å². The van der Waals surface area contributed by atoms with E-state index in [4.69, 9.17) is 9.47 Å². The van der Waals surface area contributed by atoms with Crippen LogP contribution in [0.5, 0.6) is 11.5 Å². The maximum Gasteiger partial charge on any atom is 0.412 e. The number of hydrogen-bond acceptors (Lipinski definition) is 10. The number of nitrogens with zero attached hydrogens (tertiary/aromatic N) is 2. The molecule has 4 rings (SSSR count). The molecule has 0 fully saturated rings. The summed E-state index contributed by atoms with van der Waals surface area (Å²) in [7, 11) is 0. The van der Waals surface area contributed by atoms with Crippen LogP contribution in [0.15, 0.2) is 84.9 Å². The third-order valence-electron chi connectivity index (χ3n) is 7.22. The second kappa shape index (κ2) is 14.5. The fourth-order valence-electron chi connectivity index (χ4n) is 4.74. The van der Waals surface area contributed by atoms with Gasteiger partial charge in [-0.25, -0.2) is 9.59 Å². The summed E-state index contributed by atoms with van der Waals surface area (Å²) >= 11 is 0. The van der Waals surface area contributed by atoms with Gasteiger partial charge in [-0.1, -0.05) is 12.1 Å². The monoisotopic (exact) mass is 724 g/mol. The topological polar surface area (TPSA) is 203 Å². The van der Waals surface area contributed by atoms with Gasteiger partial charge in [-0.15, -0.1) is 0 Å². The van der Waals surface area contributed by atoms with Crippen LogP contribution in [-0.4, -0.2) is 44.6 Å². The molecule has 20 heteroatoms. The number of nitro benzene ring substituents is 2. The lowest BCUT2D eigenvalue weighted by Crippen LogP contribution is -2.54. The van der Waals surface area contributed by atoms with Crippen molar-refractivity contribution < 1.29 is 65.5 Å². The Kier molecular flexibility index (Phi) is 10.6. The largest absolute Gasteiger partial charge is 0.506 e. The molecule has 51 heavy (non-hydrogen) atoms. The number of alkyl halides is 6. The van der Waals surface area contributed by atoms with Gasteiger partial charge in [-0.2, -0.15) is 26.3 Å². The summed E-state index contributed by atoms with van der Waals surface area (Å²) < 4.78 is 97.7. The molecule has 0 bridgehead atoms. The summed E-state index contributed by atoms with van der Waals surface area (Å²) in [6.45, 7) is -0.889. The number of phenols is 2. The van der Waals surface area contributed by atoms with E-state index in [1.807, 2.05) is 10.6 Å². The molecule has 4 aromatic rings. The van der Waals surface area contributed by atoms with Crippen molar-refractivity contribution in [1.82, 2.24) is 0 Å². The molecule has 14 nitrogen and oxygen atoms in total. The first-order chi connectivity index (χ1) is 23.8. The van der Waals surface area contributed by atoms with E-state index >= 15 is 0 Å². The van der Waals surface area contributed by atoms with E-state index < -0.39 is 87.0 Å². The van der Waals surface area contributed by atoms with Gasteiger partial charge in [-0.3, -0.25) is 30.9 Å². The van der Waals surface area contributed by atoms with E-state index in [1.165, 1.54) is 24.3 Å². The summed E-state index contributed by atoms with van der Waals surface area (Å²) in [6, 6.07) is 11.6. The van der Waals surface area contributed by atoms with E-state index in [0.717, 1.165) is 24.3 Å². The van der Waals surface area contributed by atoms with Gasteiger partial charge in [0, 0.05) is 24.3 Å². The van der Waals surface area contributed by atoms with Gasteiger partial charge in [0.05, 0.1) is 21.2 Å². The van der Waals surface area contributed by atoms with Crippen LogP contribution >= 0.6 is 0 Å². The fourth-order valence-corrected chi connectivity index (χ4v) is 4.74. The molecule has 0 aromatic heterocycles. The first-order valence-corrected chi connectivity index (χ1v) is 14.0. The molecule has 0 heterocycles. The number of nitro groups is 2. The number of rotatable bonds is 10. The molecule has 0 saturated carbocycles. The molecule has 4 N–H and O–H groups in total. The van der Waals surface area contributed by atoms with Crippen LogP contribution in [0.1, 0.15) is 22.3 Å². The lowest BCUT2D eigenvalue weighted by molar-refractivity contribution is -0.385. The lowest BCUT2D eigenvalue weighted by Gasteiger charge is -2.38. The van der Waals surface area contributed by atoms with Crippen LogP contribution in [0, 0.1) is 20.2 Å². The maximum atomic E-state index is 14.7. The van der Waals surface area contributed by atoms with Gasteiger partial charge in [0.1, 0.15) is 24.7 Å². The number of carbonyl (C=O) groups is 2. The van der Waals surface area contributed by atoms with Crippen LogP contribution in [-0.2, 0) is 28.1 Å². The summed E-state index contributed by atoms with van der Waals surface area (Å²) in [4.78, 5) is 44.6. The van der Waals surface area contributed by atoms with E-state index in [0.29, 0.717) is 35.4 Å². The predicted molar refractivity (Wildman–Crippen MR) is 163 cm³/mol. The number of ether oxygens (including phenoxy) is 2. The zero-order chi connectivity index (χ0) is 37.7. The van der Waals surface area contributed by atoms with Gasteiger partial charge in [-0.05, 0) is 70.8 Å². The minimum Gasteiger partial charge on any atom is -0.506 e. The number of halogens is 6. The Bertz CT molecular complexity index is 1810. The third kappa shape index (κ3) is 8.17. The average Bonchev–Trinajstić information content (AvgIpc) is 3.04. The van der Waals surface area contributed by atoms with Crippen LogP contribution in [0.3, 0.4) is 0 Å². The molecule has 0 saturated heterocycles. The van der Waals surface area contributed by atoms with Crippen molar-refractivity contribution in [2.45, 2.75) is 31.0 Å². The zero-order valence-corrected chi connectivity index (χ0v) is 25.3. The second-order valence-corrected chi connectivity index (χ2v) is 10.5. The van der Waals surface area contributed by atoms with E-state index in [2.05, 4.69) is 0 Å². The number of aromatic hydroxyl groups is 2. The first kappa shape index (κ1) is 37.2. The molecule has 0 aliphatic rings. The Morgan fingerprint density at radius 1 is 0.608 bits per heavy atom.